The van der Waals surface area contributed by atoms with Crippen LogP contribution in [0.2, 0.25) is 5.02 Å². The van der Waals surface area contributed by atoms with Gasteiger partial charge in [0.05, 0.1) is 18.1 Å². The molecule has 1 aliphatic rings. The molecule has 0 saturated carbocycles. The number of alkyl halides is 1. The van der Waals surface area contributed by atoms with Gasteiger partial charge in [-0.1, -0.05) is 23.7 Å². The number of rotatable bonds is 3. The van der Waals surface area contributed by atoms with E-state index in [0.717, 1.165) is 28.9 Å². The van der Waals surface area contributed by atoms with Crippen LogP contribution in [0.1, 0.15) is 11.3 Å². The maximum absolute atomic E-state index is 12.0. The Bertz CT molecular complexity index is 670. The molecular weight excluding hydrogens is 325 g/mol. The van der Waals surface area contributed by atoms with Gasteiger partial charge in [-0.25, -0.2) is 4.79 Å². The van der Waals surface area contributed by atoms with Gasteiger partial charge in [-0.05, 0) is 12.1 Å². The molecule has 0 aliphatic carbocycles. The van der Waals surface area contributed by atoms with E-state index in [1.54, 1.807) is 4.90 Å². The minimum absolute atomic E-state index is 0.221. The predicted octanol–water partition coefficient (Wildman–Crippen LogP) is 3.46. The molecule has 1 amide bonds. The predicted molar refractivity (Wildman–Crippen MR) is 85.2 cm³/mol. The molecule has 1 aromatic carbocycles. The van der Waals surface area contributed by atoms with Gasteiger partial charge in [0.1, 0.15) is 6.61 Å². The highest BCUT2D eigenvalue weighted by Gasteiger charge is 2.26. The number of carbonyl (C=O) groups is 1. The van der Waals surface area contributed by atoms with Crippen molar-refractivity contribution in [3.63, 3.8) is 0 Å². The smallest absolute Gasteiger partial charge is 0.410 e. The zero-order valence-electron chi connectivity index (χ0n) is 11.8. The summed E-state index contributed by atoms with van der Waals surface area (Å²) >= 11 is 11.5. The fourth-order valence-electron chi connectivity index (χ4n) is 2.51. The maximum Gasteiger partial charge on any atom is 0.410 e. The van der Waals surface area contributed by atoms with E-state index in [-0.39, 0.29) is 12.7 Å². The lowest BCUT2D eigenvalue weighted by Gasteiger charge is -2.26. The highest BCUT2D eigenvalue weighted by molar-refractivity contribution is 6.30. The fraction of sp³-hybridized carbons (Fsp3) is 0.333. The number of H-pyrrole nitrogens is 1. The van der Waals surface area contributed by atoms with E-state index in [1.807, 2.05) is 24.3 Å². The van der Waals surface area contributed by atoms with Crippen LogP contribution in [0.4, 0.5) is 4.79 Å². The average Bonchev–Trinajstić information content (AvgIpc) is 2.96. The maximum atomic E-state index is 12.0. The Hall–Kier alpha value is -1.72. The highest BCUT2D eigenvalue weighted by Crippen LogP contribution is 2.29. The number of aromatic nitrogens is 2. The Morgan fingerprint density at radius 3 is 2.86 bits per heavy atom. The van der Waals surface area contributed by atoms with Crippen LogP contribution in [0.25, 0.3) is 11.3 Å². The van der Waals surface area contributed by atoms with Crippen molar-refractivity contribution >= 4 is 29.3 Å². The van der Waals surface area contributed by atoms with Crippen molar-refractivity contribution in [1.82, 2.24) is 15.1 Å². The second kappa shape index (κ2) is 6.58. The first-order valence-electron chi connectivity index (χ1n) is 6.98. The number of carbonyl (C=O) groups excluding carboxylic acids is 1. The van der Waals surface area contributed by atoms with Crippen LogP contribution >= 0.6 is 23.2 Å². The Kier molecular flexibility index (Phi) is 4.55. The molecule has 0 atom stereocenters. The van der Waals surface area contributed by atoms with Crippen LogP contribution in [0, 0.1) is 0 Å². The van der Waals surface area contributed by atoms with Crippen LogP contribution < -0.4 is 0 Å². The Labute approximate surface area is 138 Å². The summed E-state index contributed by atoms with van der Waals surface area (Å²) in [6.45, 7) is 1.31. The van der Waals surface area contributed by atoms with E-state index >= 15 is 0 Å². The summed E-state index contributed by atoms with van der Waals surface area (Å²) < 4.78 is 5.09. The van der Waals surface area contributed by atoms with Gasteiger partial charge in [0.2, 0.25) is 0 Å². The number of nitrogens with one attached hydrogen (secondary N) is 1. The van der Waals surface area contributed by atoms with Crippen molar-refractivity contribution in [3.8, 4) is 11.3 Å². The fourth-order valence-corrected chi connectivity index (χ4v) is 2.72. The molecule has 5 nitrogen and oxygen atoms in total. The number of amides is 1. The Morgan fingerprint density at radius 1 is 1.36 bits per heavy atom. The summed E-state index contributed by atoms with van der Waals surface area (Å²) in [5.41, 5.74) is 3.90. The van der Waals surface area contributed by atoms with E-state index in [0.29, 0.717) is 24.0 Å². The third kappa shape index (κ3) is 3.05. The molecule has 0 spiro atoms. The third-order valence-corrected chi connectivity index (χ3v) is 4.02. The SMILES string of the molecule is O=C(OCCCl)N1CCc2[nH]nc(-c3ccc(Cl)cc3)c2C1. The Morgan fingerprint density at radius 2 is 2.14 bits per heavy atom. The van der Waals surface area contributed by atoms with Crippen LogP contribution in [0.5, 0.6) is 0 Å². The lowest BCUT2D eigenvalue weighted by atomic mass is 10.0. The molecule has 0 saturated heterocycles. The topological polar surface area (TPSA) is 58.2 Å². The van der Waals surface area contributed by atoms with Crippen molar-refractivity contribution < 1.29 is 9.53 Å². The number of fused-ring (bicyclic) bond motifs is 1. The average molecular weight is 340 g/mol. The van der Waals surface area contributed by atoms with E-state index < -0.39 is 0 Å². The van der Waals surface area contributed by atoms with Crippen LogP contribution in [-0.4, -0.2) is 40.2 Å². The summed E-state index contributed by atoms with van der Waals surface area (Å²) in [6, 6.07) is 7.49. The minimum Gasteiger partial charge on any atom is -0.448 e. The van der Waals surface area contributed by atoms with Gasteiger partial charge in [-0.3, -0.25) is 5.10 Å². The zero-order valence-corrected chi connectivity index (χ0v) is 13.3. The molecule has 0 fully saturated rings. The standard InChI is InChI=1S/C15H15Cl2N3O2/c16-6-8-22-15(21)20-7-5-13-12(9-20)14(19-18-13)10-1-3-11(17)4-2-10/h1-4H,5-9H2,(H,18,19). The quantitative estimate of drug-likeness (QED) is 0.871. The molecule has 7 heteroatoms. The van der Waals surface area contributed by atoms with Gasteiger partial charge in [0.15, 0.2) is 0 Å². The first kappa shape index (κ1) is 15.2. The van der Waals surface area contributed by atoms with Gasteiger partial charge < -0.3 is 9.64 Å². The number of hydrogen-bond acceptors (Lipinski definition) is 3. The molecule has 2 heterocycles. The number of hydrogen-bond donors (Lipinski definition) is 1. The zero-order chi connectivity index (χ0) is 15.5. The van der Waals surface area contributed by atoms with Crippen molar-refractivity contribution in [1.29, 1.82) is 0 Å². The summed E-state index contributed by atoms with van der Waals surface area (Å²) in [7, 11) is 0. The number of benzene rings is 1. The van der Waals surface area contributed by atoms with Gasteiger partial charge >= 0.3 is 6.09 Å². The van der Waals surface area contributed by atoms with Gasteiger partial charge in [0, 0.05) is 34.8 Å². The normalized spacial score (nSPS) is 13.8. The second-order valence-corrected chi connectivity index (χ2v) is 5.83. The number of ether oxygens (including phenoxy) is 1. The number of aromatic amines is 1. The molecule has 1 N–H and O–H groups in total. The molecule has 0 unspecified atom stereocenters. The lowest BCUT2D eigenvalue weighted by molar-refractivity contribution is 0.103. The molecule has 22 heavy (non-hydrogen) atoms. The first-order valence-corrected chi connectivity index (χ1v) is 7.90. The van der Waals surface area contributed by atoms with Crippen LogP contribution in [0.3, 0.4) is 0 Å². The van der Waals surface area contributed by atoms with Crippen LogP contribution in [0.15, 0.2) is 24.3 Å². The van der Waals surface area contributed by atoms with Crippen molar-refractivity contribution in [2.75, 3.05) is 19.0 Å². The minimum atomic E-state index is -0.338. The highest BCUT2D eigenvalue weighted by atomic mass is 35.5. The van der Waals surface area contributed by atoms with Crippen LogP contribution in [-0.2, 0) is 17.7 Å². The molecule has 0 bridgehead atoms. The van der Waals surface area contributed by atoms with Crippen molar-refractivity contribution in [2.24, 2.45) is 0 Å². The summed E-state index contributed by atoms with van der Waals surface area (Å²) in [4.78, 5) is 13.6. The largest absolute Gasteiger partial charge is 0.448 e. The molecular formula is C15H15Cl2N3O2. The van der Waals surface area contributed by atoms with Gasteiger partial charge in [-0.2, -0.15) is 5.10 Å². The van der Waals surface area contributed by atoms with E-state index in [9.17, 15) is 4.79 Å². The summed E-state index contributed by atoms with van der Waals surface area (Å²) in [6.07, 6.45) is 0.390. The molecule has 116 valence electrons. The molecule has 1 aromatic heterocycles. The number of halogens is 2. The monoisotopic (exact) mass is 339 g/mol. The molecule has 3 rings (SSSR count). The van der Waals surface area contributed by atoms with Gasteiger partial charge in [-0.15, -0.1) is 11.6 Å². The van der Waals surface area contributed by atoms with Gasteiger partial charge in [0.25, 0.3) is 0 Å². The van der Waals surface area contributed by atoms with Crippen molar-refractivity contribution in [2.45, 2.75) is 13.0 Å². The first-order chi connectivity index (χ1) is 10.7. The Balaban J connectivity index is 1.82. The molecule has 2 aromatic rings. The number of nitrogens with zero attached hydrogens (tertiary/aromatic N) is 2. The summed E-state index contributed by atoms with van der Waals surface area (Å²) in [5, 5.41) is 8.12. The van der Waals surface area contributed by atoms with E-state index in [2.05, 4.69) is 10.2 Å². The summed E-state index contributed by atoms with van der Waals surface area (Å²) in [5.74, 6) is 0.298. The van der Waals surface area contributed by atoms with E-state index in [4.69, 9.17) is 27.9 Å². The second-order valence-electron chi connectivity index (χ2n) is 5.01. The molecule has 1 aliphatic heterocycles. The lowest BCUT2D eigenvalue weighted by Crippen LogP contribution is -2.36. The third-order valence-electron chi connectivity index (χ3n) is 3.61. The van der Waals surface area contributed by atoms with Crippen molar-refractivity contribution in [3.05, 3.63) is 40.5 Å². The van der Waals surface area contributed by atoms with E-state index in [1.165, 1.54) is 0 Å². The molecule has 0 radical (unpaired) electrons.